The molecule has 2 amide bonds. The van der Waals surface area contributed by atoms with E-state index in [9.17, 15) is 9.59 Å². The number of fused-ring (bicyclic) bond motifs is 1. The van der Waals surface area contributed by atoms with Crippen LogP contribution in [0.25, 0.3) is 0 Å². The van der Waals surface area contributed by atoms with E-state index in [1.165, 1.54) is 0 Å². The first-order valence-corrected chi connectivity index (χ1v) is 10.7. The van der Waals surface area contributed by atoms with Crippen molar-refractivity contribution in [2.24, 2.45) is 0 Å². The summed E-state index contributed by atoms with van der Waals surface area (Å²) in [4.78, 5) is 32.8. The van der Waals surface area contributed by atoms with Crippen molar-refractivity contribution in [3.05, 3.63) is 65.0 Å². The number of rotatable bonds is 6. The number of carbonyl (C=O) groups excluding carboxylic acids is 2. The Bertz CT molecular complexity index is 1190. The van der Waals surface area contributed by atoms with Crippen LogP contribution in [0, 0.1) is 0 Å². The van der Waals surface area contributed by atoms with E-state index in [0.717, 1.165) is 5.56 Å². The van der Waals surface area contributed by atoms with Crippen molar-refractivity contribution in [1.82, 2.24) is 20.1 Å². The number of carbonyl (C=O) groups is 2. The van der Waals surface area contributed by atoms with Crippen molar-refractivity contribution < 1.29 is 19.1 Å². The predicted molar refractivity (Wildman–Crippen MR) is 123 cm³/mol. The third-order valence-electron chi connectivity index (χ3n) is 5.90. The molecule has 1 aromatic heterocycles. The molecule has 172 valence electrons. The van der Waals surface area contributed by atoms with E-state index in [2.05, 4.69) is 20.5 Å². The first-order valence-electron chi connectivity index (χ1n) is 10.7. The summed E-state index contributed by atoms with van der Waals surface area (Å²) < 4.78 is 10.8. The Labute approximate surface area is 192 Å². The van der Waals surface area contributed by atoms with Crippen LogP contribution in [0.5, 0.6) is 11.5 Å². The van der Waals surface area contributed by atoms with E-state index in [0.29, 0.717) is 28.5 Å². The maximum absolute atomic E-state index is 13.6. The van der Waals surface area contributed by atoms with Crippen LogP contribution in [0.1, 0.15) is 59.0 Å². The summed E-state index contributed by atoms with van der Waals surface area (Å²) in [7, 11) is 4.80. The fourth-order valence-corrected chi connectivity index (χ4v) is 4.19. The highest BCUT2D eigenvalue weighted by Gasteiger charge is 2.43. The number of amides is 2. The molecule has 2 N–H and O–H groups in total. The number of H-pyrrole nitrogens is 1. The number of aromatic amines is 1. The van der Waals surface area contributed by atoms with Crippen molar-refractivity contribution in [1.29, 1.82) is 0 Å². The van der Waals surface area contributed by atoms with Crippen molar-refractivity contribution in [3.8, 4) is 11.5 Å². The molecular weight excluding hydrogens is 422 g/mol. The van der Waals surface area contributed by atoms with Gasteiger partial charge >= 0.3 is 0 Å². The summed E-state index contributed by atoms with van der Waals surface area (Å²) in [5, 5.41) is 9.80. The van der Waals surface area contributed by atoms with Crippen molar-refractivity contribution in [2.45, 2.75) is 31.7 Å². The molecule has 1 aliphatic rings. The molecule has 2 heterocycles. The minimum Gasteiger partial charge on any atom is -0.493 e. The fourth-order valence-electron chi connectivity index (χ4n) is 4.19. The first-order chi connectivity index (χ1) is 15.8. The number of methoxy groups -OCH3 is 2. The molecule has 9 heteroatoms. The van der Waals surface area contributed by atoms with Crippen molar-refractivity contribution in [2.75, 3.05) is 26.6 Å². The lowest BCUT2D eigenvalue weighted by molar-refractivity contribution is -0.119. The molecule has 4 rings (SSSR count). The van der Waals surface area contributed by atoms with Gasteiger partial charge in [-0.1, -0.05) is 38.1 Å². The number of nitrogens with zero attached hydrogens (tertiary/aromatic N) is 3. The van der Waals surface area contributed by atoms with Crippen LogP contribution in [0.15, 0.2) is 42.5 Å². The number of nitrogens with one attached hydrogen (secondary N) is 2. The average molecular weight is 450 g/mol. The molecule has 2 aromatic carbocycles. The quantitative estimate of drug-likeness (QED) is 0.596. The van der Waals surface area contributed by atoms with Gasteiger partial charge in [-0.2, -0.15) is 4.98 Å². The Hall–Kier alpha value is -3.88. The van der Waals surface area contributed by atoms with Gasteiger partial charge in [0.2, 0.25) is 11.9 Å². The predicted octanol–water partition coefficient (Wildman–Crippen LogP) is 3.49. The Morgan fingerprint density at radius 3 is 2.52 bits per heavy atom. The number of ether oxygens (including phenoxy) is 2. The largest absolute Gasteiger partial charge is 0.493 e. The normalized spacial score (nSPS) is 17.6. The van der Waals surface area contributed by atoms with E-state index in [1.807, 2.05) is 32.0 Å². The molecule has 33 heavy (non-hydrogen) atoms. The maximum atomic E-state index is 13.6. The van der Waals surface area contributed by atoms with Gasteiger partial charge in [0, 0.05) is 18.5 Å². The number of likely N-dealkylation sites (N-methyl/N-ethyl adjacent to an activating group) is 1. The minimum atomic E-state index is -0.692. The van der Waals surface area contributed by atoms with Gasteiger partial charge in [0.1, 0.15) is 5.82 Å². The van der Waals surface area contributed by atoms with Crippen LogP contribution < -0.4 is 14.8 Å². The Balaban J connectivity index is 1.79. The Morgan fingerprint density at radius 1 is 1.12 bits per heavy atom. The van der Waals surface area contributed by atoms with E-state index in [1.54, 1.807) is 50.4 Å². The summed E-state index contributed by atoms with van der Waals surface area (Å²) >= 11 is 0. The second-order valence-corrected chi connectivity index (χ2v) is 8.23. The van der Waals surface area contributed by atoms with Crippen LogP contribution in [0.4, 0.5) is 5.95 Å². The molecule has 0 spiro atoms. The van der Waals surface area contributed by atoms with Crippen LogP contribution in [0.3, 0.4) is 0 Å². The number of hydrogen-bond donors (Lipinski definition) is 2. The van der Waals surface area contributed by atoms with Crippen molar-refractivity contribution >= 4 is 17.8 Å². The molecule has 0 fully saturated rings. The topological polar surface area (TPSA) is 109 Å². The number of anilines is 1. The van der Waals surface area contributed by atoms with E-state index < -0.39 is 12.0 Å². The zero-order chi connectivity index (χ0) is 23.7. The average Bonchev–Trinajstić information content (AvgIpc) is 3.29. The van der Waals surface area contributed by atoms with E-state index in [-0.39, 0.29) is 23.7 Å². The summed E-state index contributed by atoms with van der Waals surface area (Å²) in [6, 6.07) is 12.0. The van der Waals surface area contributed by atoms with Gasteiger partial charge < -0.3 is 14.4 Å². The second kappa shape index (κ2) is 8.93. The smallest absolute Gasteiger partial charge is 0.254 e. The lowest BCUT2D eigenvalue weighted by atomic mass is 9.79. The number of aromatic nitrogens is 3. The molecule has 0 saturated carbocycles. The molecule has 0 radical (unpaired) electrons. The lowest BCUT2D eigenvalue weighted by Gasteiger charge is -2.39. The summed E-state index contributed by atoms with van der Waals surface area (Å²) in [6.45, 7) is 3.97. The Morgan fingerprint density at radius 2 is 1.85 bits per heavy atom. The first kappa shape index (κ1) is 22.3. The maximum Gasteiger partial charge on any atom is 0.254 e. The van der Waals surface area contributed by atoms with Crippen LogP contribution in [-0.2, 0) is 4.79 Å². The summed E-state index contributed by atoms with van der Waals surface area (Å²) in [5.74, 6) is 0.943. The van der Waals surface area contributed by atoms with Gasteiger partial charge in [-0.25, -0.2) is 0 Å². The highest BCUT2D eigenvalue weighted by Crippen LogP contribution is 2.44. The fraction of sp³-hybridized carbons (Fsp3) is 0.333. The SMILES string of the molecule is COc1ccc([C@@H]2[C@@H](C(=O)Nc3n[nH]c(C(C)C)n3)c3ccccc3C(=O)N2C)cc1OC. The van der Waals surface area contributed by atoms with E-state index >= 15 is 0 Å². The molecule has 0 aliphatic carbocycles. The minimum absolute atomic E-state index is 0.141. The van der Waals surface area contributed by atoms with Gasteiger partial charge in [-0.05, 0) is 29.3 Å². The molecular formula is C24H27N5O4. The Kier molecular flexibility index (Phi) is 6.04. The molecule has 1 aliphatic heterocycles. The number of hydrogen-bond acceptors (Lipinski definition) is 6. The molecule has 0 unspecified atom stereocenters. The van der Waals surface area contributed by atoms with Crippen LogP contribution in [0.2, 0.25) is 0 Å². The van der Waals surface area contributed by atoms with Crippen LogP contribution >= 0.6 is 0 Å². The summed E-state index contributed by atoms with van der Waals surface area (Å²) in [5.41, 5.74) is 1.89. The highest BCUT2D eigenvalue weighted by molar-refractivity contribution is 6.03. The lowest BCUT2D eigenvalue weighted by Crippen LogP contribution is -2.44. The zero-order valence-electron chi connectivity index (χ0n) is 19.2. The van der Waals surface area contributed by atoms with Crippen LogP contribution in [-0.4, -0.2) is 53.2 Å². The van der Waals surface area contributed by atoms with Gasteiger partial charge in [0.25, 0.3) is 5.91 Å². The molecule has 9 nitrogen and oxygen atoms in total. The standard InChI is InChI=1S/C24H27N5O4/c1-13(2)21-25-24(28-27-21)26-22(30)19-15-8-6-7-9-16(15)23(31)29(3)20(19)14-10-11-17(32-4)18(12-14)33-5/h6-13,19-20H,1-5H3,(H2,25,26,27,28,30)/t19-,20+/m0/s1. The van der Waals surface area contributed by atoms with Crippen molar-refractivity contribution in [3.63, 3.8) is 0 Å². The molecule has 0 saturated heterocycles. The summed E-state index contributed by atoms with van der Waals surface area (Å²) in [6.07, 6.45) is 0. The highest BCUT2D eigenvalue weighted by atomic mass is 16.5. The third-order valence-corrected chi connectivity index (χ3v) is 5.90. The van der Waals surface area contributed by atoms with Gasteiger partial charge in [0.15, 0.2) is 11.5 Å². The monoisotopic (exact) mass is 449 g/mol. The van der Waals surface area contributed by atoms with E-state index in [4.69, 9.17) is 9.47 Å². The van der Waals surface area contributed by atoms with Gasteiger partial charge in [0.05, 0.1) is 26.2 Å². The zero-order valence-corrected chi connectivity index (χ0v) is 19.2. The molecule has 0 bridgehead atoms. The molecule has 3 aromatic rings. The molecule has 2 atom stereocenters. The van der Waals surface area contributed by atoms with Gasteiger partial charge in [-0.3, -0.25) is 20.0 Å². The second-order valence-electron chi connectivity index (χ2n) is 8.23. The third kappa shape index (κ3) is 4.02. The number of benzene rings is 2. The van der Waals surface area contributed by atoms with Gasteiger partial charge in [-0.15, -0.1) is 5.10 Å².